The highest BCUT2D eigenvalue weighted by Gasteiger charge is 2.26. The number of carbonyl (C=O) groups is 1. The number of benzene rings is 1. The Balaban J connectivity index is 1.38. The summed E-state index contributed by atoms with van der Waals surface area (Å²) < 4.78 is 27.6. The molecule has 3 aromatic heterocycles. The lowest BCUT2D eigenvalue weighted by molar-refractivity contribution is 0.102. The number of carbonyl (C=O) groups excluding carboxylic acids is 1. The van der Waals surface area contributed by atoms with Gasteiger partial charge in [0, 0.05) is 67.3 Å². The summed E-state index contributed by atoms with van der Waals surface area (Å²) in [6.45, 7) is 8.82. The number of amides is 1. The molecule has 1 amide bonds. The Kier molecular flexibility index (Phi) is 6.32. The lowest BCUT2D eigenvalue weighted by atomic mass is 10.0. The largest absolute Gasteiger partial charge is 0.458 e. The highest BCUT2D eigenvalue weighted by atomic mass is 19.1. The van der Waals surface area contributed by atoms with Crippen LogP contribution in [0.3, 0.4) is 0 Å². The molecule has 6 rings (SSSR count). The molecular weight excluding hydrogens is 489 g/mol. The van der Waals surface area contributed by atoms with E-state index >= 15 is 0 Å². The molecule has 0 spiro atoms. The van der Waals surface area contributed by atoms with E-state index in [1.165, 1.54) is 6.07 Å². The van der Waals surface area contributed by atoms with Crippen LogP contribution in [0.1, 0.15) is 36.3 Å². The summed E-state index contributed by atoms with van der Waals surface area (Å²) in [5.41, 5.74) is 2.98. The summed E-state index contributed by atoms with van der Waals surface area (Å²) in [7, 11) is 0. The third-order valence-corrected chi connectivity index (χ3v) is 6.89. The van der Waals surface area contributed by atoms with E-state index in [1.807, 2.05) is 6.07 Å². The smallest absolute Gasteiger partial charge is 0.317 e. The van der Waals surface area contributed by atoms with Crippen molar-refractivity contribution in [3.05, 3.63) is 53.9 Å². The second-order valence-corrected chi connectivity index (χ2v) is 10.2. The predicted molar refractivity (Wildman–Crippen MR) is 142 cm³/mol. The van der Waals surface area contributed by atoms with Crippen LogP contribution in [-0.4, -0.2) is 69.8 Å². The molecule has 3 atom stereocenters. The standard InChI is InChI=1S/C27H30FN7O3/c1-15-10-34(11-16(2)30-15)23-5-4-20(24-21(23)9-29-27(33-24)38-19-6-7-37-14-19)26(36)32-18-8-22(28)25-31-17(3)12-35(25)13-18/h4-5,8-9,12-13,15-16,19,30H,6-7,10-11,14H2,1-3H3,(H,32,36)/t15-,16-,19+/m1/s1. The van der Waals surface area contributed by atoms with Crippen molar-refractivity contribution in [3.63, 3.8) is 0 Å². The first-order valence-electron chi connectivity index (χ1n) is 12.9. The number of aromatic nitrogens is 4. The Morgan fingerprint density at radius 1 is 1.21 bits per heavy atom. The molecule has 2 saturated heterocycles. The number of pyridine rings is 1. The number of hydrogen-bond acceptors (Lipinski definition) is 8. The van der Waals surface area contributed by atoms with Gasteiger partial charge in [0.1, 0.15) is 6.10 Å². The first kappa shape index (κ1) is 24.5. The Morgan fingerprint density at radius 3 is 2.79 bits per heavy atom. The van der Waals surface area contributed by atoms with Gasteiger partial charge in [-0.2, -0.15) is 4.98 Å². The van der Waals surface area contributed by atoms with Gasteiger partial charge in [-0.25, -0.2) is 14.4 Å². The fraction of sp³-hybridized carbons (Fsp3) is 0.407. The van der Waals surface area contributed by atoms with E-state index in [9.17, 15) is 9.18 Å². The molecule has 0 bridgehead atoms. The van der Waals surface area contributed by atoms with Crippen LogP contribution in [0.4, 0.5) is 15.8 Å². The molecule has 1 aromatic carbocycles. The van der Waals surface area contributed by atoms with Crippen molar-refractivity contribution in [1.29, 1.82) is 0 Å². The fourth-order valence-corrected chi connectivity index (χ4v) is 5.33. The summed E-state index contributed by atoms with van der Waals surface area (Å²) in [5.74, 6) is -0.928. The van der Waals surface area contributed by atoms with E-state index in [4.69, 9.17) is 9.47 Å². The molecule has 5 heterocycles. The number of nitrogens with zero attached hydrogens (tertiary/aromatic N) is 5. The molecule has 38 heavy (non-hydrogen) atoms. The fourth-order valence-electron chi connectivity index (χ4n) is 5.33. The lowest BCUT2D eigenvalue weighted by Crippen LogP contribution is -2.54. The maximum absolute atomic E-state index is 14.6. The summed E-state index contributed by atoms with van der Waals surface area (Å²) in [6, 6.07) is 5.76. The summed E-state index contributed by atoms with van der Waals surface area (Å²) in [6.07, 6.45) is 5.69. The molecule has 10 nitrogen and oxygen atoms in total. The highest BCUT2D eigenvalue weighted by molar-refractivity contribution is 6.13. The SMILES string of the molecule is Cc1cn2cc(NC(=O)c3ccc(N4C[C@@H](C)N[C@H](C)C4)c4cnc(O[C@H]5CCOC5)nc34)cc(F)c2n1. The number of ether oxygens (including phenoxy) is 2. The van der Waals surface area contributed by atoms with Crippen LogP contribution in [0.15, 0.2) is 36.8 Å². The van der Waals surface area contributed by atoms with Crippen LogP contribution >= 0.6 is 0 Å². The van der Waals surface area contributed by atoms with Gasteiger partial charge >= 0.3 is 6.01 Å². The molecule has 0 unspecified atom stereocenters. The van der Waals surface area contributed by atoms with E-state index in [1.54, 1.807) is 36.0 Å². The van der Waals surface area contributed by atoms with Gasteiger partial charge in [0.05, 0.1) is 35.7 Å². The minimum atomic E-state index is -0.519. The van der Waals surface area contributed by atoms with Crippen molar-refractivity contribution in [2.75, 3.05) is 36.5 Å². The van der Waals surface area contributed by atoms with Gasteiger partial charge < -0.3 is 29.4 Å². The van der Waals surface area contributed by atoms with Crippen molar-refractivity contribution >= 4 is 33.8 Å². The van der Waals surface area contributed by atoms with Crippen LogP contribution in [0.2, 0.25) is 0 Å². The van der Waals surface area contributed by atoms with E-state index in [0.717, 1.165) is 30.6 Å². The van der Waals surface area contributed by atoms with Gasteiger partial charge in [-0.15, -0.1) is 0 Å². The number of piperazine rings is 1. The van der Waals surface area contributed by atoms with Crippen LogP contribution < -0.4 is 20.3 Å². The van der Waals surface area contributed by atoms with Crippen LogP contribution in [-0.2, 0) is 4.74 Å². The predicted octanol–water partition coefficient (Wildman–Crippen LogP) is 3.33. The number of halogens is 1. The maximum Gasteiger partial charge on any atom is 0.317 e. The zero-order valence-electron chi connectivity index (χ0n) is 21.6. The number of hydrogen-bond donors (Lipinski definition) is 2. The number of rotatable bonds is 5. The quantitative estimate of drug-likeness (QED) is 0.414. The Labute approximate surface area is 219 Å². The van der Waals surface area contributed by atoms with E-state index in [-0.39, 0.29) is 17.8 Å². The second-order valence-electron chi connectivity index (χ2n) is 10.2. The Hall–Kier alpha value is -3.83. The van der Waals surface area contributed by atoms with Crippen LogP contribution in [0.5, 0.6) is 6.01 Å². The van der Waals surface area contributed by atoms with Gasteiger partial charge in [0.25, 0.3) is 5.91 Å². The number of imidazole rings is 1. The molecule has 4 aromatic rings. The normalized spacial score (nSPS) is 21.8. The molecule has 0 radical (unpaired) electrons. The number of nitrogens with one attached hydrogen (secondary N) is 2. The van der Waals surface area contributed by atoms with Crippen molar-refractivity contribution in [3.8, 4) is 6.01 Å². The third kappa shape index (κ3) is 4.74. The van der Waals surface area contributed by atoms with Gasteiger partial charge in [0.2, 0.25) is 0 Å². The average molecular weight is 520 g/mol. The van der Waals surface area contributed by atoms with Crippen molar-refractivity contribution in [2.45, 2.75) is 45.4 Å². The van der Waals surface area contributed by atoms with Crippen molar-refractivity contribution in [2.24, 2.45) is 0 Å². The monoisotopic (exact) mass is 519 g/mol. The molecular formula is C27H30FN7O3. The lowest BCUT2D eigenvalue weighted by Gasteiger charge is -2.38. The summed E-state index contributed by atoms with van der Waals surface area (Å²) in [4.78, 5) is 29.1. The van der Waals surface area contributed by atoms with E-state index in [2.05, 4.69) is 44.3 Å². The van der Waals surface area contributed by atoms with Gasteiger partial charge in [-0.3, -0.25) is 4.79 Å². The van der Waals surface area contributed by atoms with Crippen molar-refractivity contribution < 1.29 is 18.7 Å². The van der Waals surface area contributed by atoms with Gasteiger partial charge in [-0.1, -0.05) is 0 Å². The molecule has 2 fully saturated rings. The van der Waals surface area contributed by atoms with Crippen molar-refractivity contribution in [1.82, 2.24) is 24.7 Å². The first-order chi connectivity index (χ1) is 18.3. The minimum Gasteiger partial charge on any atom is -0.458 e. The van der Waals surface area contributed by atoms with Gasteiger partial charge in [-0.05, 0) is 32.9 Å². The zero-order valence-corrected chi connectivity index (χ0v) is 21.6. The van der Waals surface area contributed by atoms with E-state index in [0.29, 0.717) is 47.8 Å². The molecule has 2 aliphatic heterocycles. The molecule has 0 aliphatic carbocycles. The van der Waals surface area contributed by atoms with E-state index < -0.39 is 11.7 Å². The van der Waals surface area contributed by atoms with Gasteiger partial charge in [0.15, 0.2) is 11.5 Å². The third-order valence-electron chi connectivity index (χ3n) is 6.89. The minimum absolute atomic E-state index is 0.129. The zero-order chi connectivity index (χ0) is 26.4. The van der Waals surface area contributed by atoms with Crippen LogP contribution in [0.25, 0.3) is 16.6 Å². The average Bonchev–Trinajstić information content (AvgIpc) is 3.51. The molecule has 0 saturated carbocycles. The Bertz CT molecular complexity index is 1510. The van der Waals surface area contributed by atoms with Crippen LogP contribution in [0, 0.1) is 12.7 Å². The molecule has 11 heteroatoms. The highest BCUT2D eigenvalue weighted by Crippen LogP contribution is 2.31. The molecule has 2 aliphatic rings. The Morgan fingerprint density at radius 2 is 2.03 bits per heavy atom. The number of aryl methyl sites for hydroxylation is 1. The topological polar surface area (TPSA) is 106 Å². The first-order valence-corrected chi connectivity index (χ1v) is 12.9. The molecule has 2 N–H and O–H groups in total. The summed E-state index contributed by atoms with van der Waals surface area (Å²) >= 11 is 0. The summed E-state index contributed by atoms with van der Waals surface area (Å²) in [5, 5.41) is 7.12. The number of anilines is 2. The maximum atomic E-state index is 14.6. The number of fused-ring (bicyclic) bond motifs is 2. The molecule has 198 valence electrons. The second kappa shape index (κ2) is 9.80.